The van der Waals surface area contributed by atoms with Crippen molar-refractivity contribution in [1.82, 2.24) is 20.5 Å². The van der Waals surface area contributed by atoms with E-state index in [-0.39, 0.29) is 5.91 Å². The molecule has 3 fully saturated rings. The summed E-state index contributed by atoms with van der Waals surface area (Å²) >= 11 is 0. The number of urea groups is 1. The Balaban J connectivity index is 1.26. The lowest BCUT2D eigenvalue weighted by Gasteiger charge is -2.36. The molecule has 2 N–H and O–H groups in total. The van der Waals surface area contributed by atoms with Gasteiger partial charge >= 0.3 is 6.03 Å². The van der Waals surface area contributed by atoms with E-state index >= 15 is 0 Å². The van der Waals surface area contributed by atoms with E-state index in [4.69, 9.17) is 4.98 Å². The second-order valence-corrected chi connectivity index (χ2v) is 9.53. The Morgan fingerprint density at radius 1 is 1.06 bits per heavy atom. The van der Waals surface area contributed by atoms with Crippen molar-refractivity contribution in [3.63, 3.8) is 0 Å². The van der Waals surface area contributed by atoms with Gasteiger partial charge in [-0.05, 0) is 67.9 Å². The third-order valence-electron chi connectivity index (χ3n) is 7.07. The third-order valence-corrected chi connectivity index (χ3v) is 7.07. The number of carbonyl (C=O) groups excluding carboxylic acids is 3. The highest BCUT2D eigenvalue weighted by molar-refractivity contribution is 6.07. The molecule has 8 nitrogen and oxygen atoms in total. The van der Waals surface area contributed by atoms with E-state index in [1.807, 2.05) is 24.1 Å². The molecule has 1 unspecified atom stereocenters. The molecule has 33 heavy (non-hydrogen) atoms. The van der Waals surface area contributed by atoms with Crippen molar-refractivity contribution in [3.05, 3.63) is 58.3 Å². The molecule has 0 radical (unpaired) electrons. The van der Waals surface area contributed by atoms with Gasteiger partial charge in [0, 0.05) is 37.9 Å². The first-order valence-electron chi connectivity index (χ1n) is 11.5. The van der Waals surface area contributed by atoms with Crippen LogP contribution in [-0.2, 0) is 10.3 Å². The van der Waals surface area contributed by atoms with Gasteiger partial charge in [-0.3, -0.25) is 14.9 Å². The minimum absolute atomic E-state index is 0.0162. The Morgan fingerprint density at radius 2 is 1.79 bits per heavy atom. The van der Waals surface area contributed by atoms with E-state index in [1.165, 1.54) is 24.0 Å². The second kappa shape index (κ2) is 7.86. The number of aromatic nitrogens is 1. The number of hydrogen-bond donors (Lipinski definition) is 2. The second-order valence-electron chi connectivity index (χ2n) is 9.53. The summed E-state index contributed by atoms with van der Waals surface area (Å²) in [7, 11) is 0. The molecule has 0 bridgehead atoms. The minimum atomic E-state index is -1.13. The molecule has 3 heterocycles. The predicted octanol–water partition coefficient (Wildman–Crippen LogP) is 2.59. The minimum Gasteiger partial charge on any atom is -0.353 e. The lowest BCUT2D eigenvalue weighted by molar-refractivity contribution is -0.123. The maximum atomic E-state index is 13.2. The molecule has 2 aromatic rings. The quantitative estimate of drug-likeness (QED) is 0.703. The lowest BCUT2D eigenvalue weighted by atomic mass is 9.89. The van der Waals surface area contributed by atoms with Crippen LogP contribution in [0.15, 0.2) is 30.5 Å². The van der Waals surface area contributed by atoms with E-state index in [1.54, 1.807) is 19.1 Å². The number of imide groups is 1. The van der Waals surface area contributed by atoms with Crippen LogP contribution >= 0.6 is 0 Å². The van der Waals surface area contributed by atoms with E-state index in [0.717, 1.165) is 24.5 Å². The molecular weight excluding hydrogens is 418 g/mol. The Hall–Kier alpha value is -3.42. The van der Waals surface area contributed by atoms with Crippen LogP contribution in [0.1, 0.15) is 58.3 Å². The molecule has 1 atom stereocenters. The van der Waals surface area contributed by atoms with Gasteiger partial charge in [0.25, 0.3) is 11.8 Å². The largest absolute Gasteiger partial charge is 0.353 e. The maximum Gasteiger partial charge on any atom is 0.322 e. The number of benzene rings is 1. The number of anilines is 1. The van der Waals surface area contributed by atoms with Gasteiger partial charge in [-0.15, -0.1) is 0 Å². The van der Waals surface area contributed by atoms with Crippen LogP contribution in [0.4, 0.5) is 10.6 Å². The zero-order chi connectivity index (χ0) is 23.3. The Bertz CT molecular complexity index is 1150. The fourth-order valence-corrected chi connectivity index (χ4v) is 4.81. The van der Waals surface area contributed by atoms with Crippen molar-refractivity contribution in [2.24, 2.45) is 0 Å². The Morgan fingerprint density at radius 3 is 2.36 bits per heavy atom. The van der Waals surface area contributed by atoms with E-state index in [9.17, 15) is 14.4 Å². The first-order chi connectivity index (χ1) is 15.8. The van der Waals surface area contributed by atoms with Gasteiger partial charge in [-0.1, -0.05) is 18.2 Å². The van der Waals surface area contributed by atoms with Crippen LogP contribution in [0, 0.1) is 13.8 Å². The van der Waals surface area contributed by atoms with E-state index < -0.39 is 17.5 Å². The number of rotatable bonds is 4. The van der Waals surface area contributed by atoms with Crippen molar-refractivity contribution in [3.8, 4) is 0 Å². The van der Waals surface area contributed by atoms with Crippen LogP contribution in [0.5, 0.6) is 0 Å². The molecule has 1 aliphatic carbocycles. The summed E-state index contributed by atoms with van der Waals surface area (Å²) in [6.07, 6.45) is 4.54. The summed E-state index contributed by atoms with van der Waals surface area (Å²) in [5.74, 6) is 1.29. The van der Waals surface area contributed by atoms with Gasteiger partial charge in [-0.25, -0.2) is 9.78 Å². The van der Waals surface area contributed by atoms with Crippen molar-refractivity contribution in [1.29, 1.82) is 0 Å². The molecule has 2 aliphatic heterocycles. The van der Waals surface area contributed by atoms with Gasteiger partial charge in [0.15, 0.2) is 0 Å². The van der Waals surface area contributed by atoms with Gasteiger partial charge in [-0.2, -0.15) is 0 Å². The number of carbonyl (C=O) groups is 3. The van der Waals surface area contributed by atoms with Crippen LogP contribution in [0.2, 0.25) is 0 Å². The number of aryl methyl sites for hydroxylation is 2. The highest BCUT2D eigenvalue weighted by atomic mass is 16.2. The molecule has 5 rings (SSSR count). The normalized spacial score (nSPS) is 22.9. The molecule has 2 saturated heterocycles. The fraction of sp³-hybridized carbons (Fsp3) is 0.440. The molecule has 1 aromatic carbocycles. The zero-order valence-electron chi connectivity index (χ0n) is 19.3. The zero-order valence-corrected chi connectivity index (χ0v) is 19.3. The van der Waals surface area contributed by atoms with Gasteiger partial charge in [0.1, 0.15) is 11.4 Å². The van der Waals surface area contributed by atoms with Crippen LogP contribution in [0.3, 0.4) is 0 Å². The average molecular weight is 448 g/mol. The molecule has 4 amide bonds. The molecule has 1 aromatic heterocycles. The molecule has 1 saturated carbocycles. The maximum absolute atomic E-state index is 13.2. The summed E-state index contributed by atoms with van der Waals surface area (Å²) in [5, 5.41) is 4.94. The topological polar surface area (TPSA) is 94.6 Å². The third kappa shape index (κ3) is 3.83. The summed E-state index contributed by atoms with van der Waals surface area (Å²) in [4.78, 5) is 45.9. The SMILES string of the molecule is Cc1cc(C2(C)NC(=O)NC2=O)ccc1C(=O)N1CCN(c2ncc(C3CC3)cc2C)CC1. The average Bonchev–Trinajstić information content (AvgIpc) is 3.60. The molecule has 8 heteroatoms. The van der Waals surface area contributed by atoms with Crippen molar-refractivity contribution in [2.75, 3.05) is 31.1 Å². The Kier molecular flexibility index (Phi) is 5.11. The summed E-state index contributed by atoms with van der Waals surface area (Å²) < 4.78 is 0. The Labute approximate surface area is 193 Å². The van der Waals surface area contributed by atoms with E-state index in [2.05, 4.69) is 28.5 Å². The van der Waals surface area contributed by atoms with Gasteiger partial charge < -0.3 is 15.1 Å². The van der Waals surface area contributed by atoms with Gasteiger partial charge in [0.05, 0.1) is 0 Å². The standard InChI is InChI=1S/C25H29N5O3/c1-15-13-19(25(3)23(32)27-24(33)28-25)6-7-20(15)22(31)30-10-8-29(9-11-30)21-16(2)12-18(14-26-21)17-4-5-17/h6-7,12-14,17H,4-5,8-11H2,1-3H3,(H2,27,28,32,33). The molecular formula is C25H29N5O3. The molecule has 172 valence electrons. The monoisotopic (exact) mass is 447 g/mol. The first kappa shape index (κ1) is 21.4. The number of nitrogens with zero attached hydrogens (tertiary/aromatic N) is 3. The predicted molar refractivity (Wildman–Crippen MR) is 124 cm³/mol. The number of pyridine rings is 1. The molecule has 0 spiro atoms. The van der Waals surface area contributed by atoms with Crippen LogP contribution in [-0.4, -0.2) is 53.9 Å². The van der Waals surface area contributed by atoms with Crippen molar-refractivity contribution in [2.45, 2.75) is 45.1 Å². The molecule has 3 aliphatic rings. The first-order valence-corrected chi connectivity index (χ1v) is 11.5. The lowest BCUT2D eigenvalue weighted by Crippen LogP contribution is -2.49. The highest BCUT2D eigenvalue weighted by Crippen LogP contribution is 2.40. The van der Waals surface area contributed by atoms with E-state index in [0.29, 0.717) is 30.1 Å². The van der Waals surface area contributed by atoms with Crippen LogP contribution < -0.4 is 15.5 Å². The number of hydrogen-bond acceptors (Lipinski definition) is 5. The fourth-order valence-electron chi connectivity index (χ4n) is 4.81. The number of piperazine rings is 1. The van der Waals surface area contributed by atoms with Crippen LogP contribution in [0.25, 0.3) is 0 Å². The number of nitrogens with one attached hydrogen (secondary N) is 2. The summed E-state index contributed by atoms with van der Waals surface area (Å²) in [5.41, 5.74) is 3.46. The van der Waals surface area contributed by atoms with Gasteiger partial charge in [0.2, 0.25) is 0 Å². The number of amides is 4. The summed E-state index contributed by atoms with van der Waals surface area (Å²) in [6.45, 7) is 8.37. The smallest absolute Gasteiger partial charge is 0.322 e. The summed E-state index contributed by atoms with van der Waals surface area (Å²) in [6, 6.07) is 7.06. The van der Waals surface area contributed by atoms with Crippen molar-refractivity contribution >= 4 is 23.7 Å². The van der Waals surface area contributed by atoms with Crippen molar-refractivity contribution < 1.29 is 14.4 Å². The highest BCUT2D eigenvalue weighted by Gasteiger charge is 2.43.